The SMILES string of the molecule is Cn1c(CNC(=O)CN2CCN(c3ncccn3)CC2)nc2ccccc21. The van der Waals surface area contributed by atoms with Crippen molar-refractivity contribution in [3.05, 3.63) is 48.5 Å². The van der Waals surface area contributed by atoms with Crippen LogP contribution < -0.4 is 10.2 Å². The molecule has 1 fully saturated rings. The van der Waals surface area contributed by atoms with Gasteiger partial charge in [-0.15, -0.1) is 0 Å². The summed E-state index contributed by atoms with van der Waals surface area (Å²) in [5.41, 5.74) is 2.02. The lowest BCUT2D eigenvalue weighted by molar-refractivity contribution is -0.122. The Hall–Kier alpha value is -3.00. The molecule has 1 aliphatic rings. The lowest BCUT2D eigenvalue weighted by atomic mass is 10.3. The highest BCUT2D eigenvalue weighted by atomic mass is 16.2. The van der Waals surface area contributed by atoms with Gasteiger partial charge in [0, 0.05) is 45.6 Å². The monoisotopic (exact) mass is 365 g/mol. The maximum absolute atomic E-state index is 12.3. The van der Waals surface area contributed by atoms with Crippen molar-refractivity contribution in [2.24, 2.45) is 7.05 Å². The van der Waals surface area contributed by atoms with E-state index in [2.05, 4.69) is 30.1 Å². The van der Waals surface area contributed by atoms with Crippen molar-refractivity contribution in [3.63, 3.8) is 0 Å². The van der Waals surface area contributed by atoms with Gasteiger partial charge in [0.2, 0.25) is 11.9 Å². The Morgan fingerprint density at radius 1 is 1.07 bits per heavy atom. The van der Waals surface area contributed by atoms with E-state index in [1.807, 2.05) is 41.9 Å². The van der Waals surface area contributed by atoms with Crippen LogP contribution in [-0.2, 0) is 18.4 Å². The lowest BCUT2D eigenvalue weighted by Crippen LogP contribution is -2.49. The van der Waals surface area contributed by atoms with Gasteiger partial charge >= 0.3 is 0 Å². The zero-order valence-corrected chi connectivity index (χ0v) is 15.4. The molecule has 8 nitrogen and oxygen atoms in total. The van der Waals surface area contributed by atoms with Gasteiger partial charge in [0.15, 0.2) is 0 Å². The van der Waals surface area contributed by atoms with Gasteiger partial charge in [0.1, 0.15) is 5.82 Å². The number of nitrogens with zero attached hydrogens (tertiary/aromatic N) is 6. The number of carbonyl (C=O) groups excluding carboxylic acids is 1. The minimum absolute atomic E-state index is 0.0199. The number of rotatable bonds is 5. The number of piperazine rings is 1. The minimum Gasteiger partial charge on any atom is -0.348 e. The van der Waals surface area contributed by atoms with Gasteiger partial charge in [-0.25, -0.2) is 15.0 Å². The van der Waals surface area contributed by atoms with E-state index in [-0.39, 0.29) is 5.91 Å². The molecule has 3 heterocycles. The van der Waals surface area contributed by atoms with Crippen LogP contribution in [0.5, 0.6) is 0 Å². The van der Waals surface area contributed by atoms with Crippen LogP contribution in [0.15, 0.2) is 42.7 Å². The molecule has 0 aliphatic carbocycles. The zero-order valence-electron chi connectivity index (χ0n) is 15.4. The number of benzene rings is 1. The molecule has 27 heavy (non-hydrogen) atoms. The number of aromatic nitrogens is 4. The lowest BCUT2D eigenvalue weighted by Gasteiger charge is -2.34. The number of fused-ring (bicyclic) bond motifs is 1. The molecule has 1 aromatic carbocycles. The second-order valence-corrected chi connectivity index (χ2v) is 6.66. The number of aryl methyl sites for hydroxylation is 1. The summed E-state index contributed by atoms with van der Waals surface area (Å²) in [6.07, 6.45) is 3.51. The summed E-state index contributed by atoms with van der Waals surface area (Å²) < 4.78 is 2.02. The van der Waals surface area contributed by atoms with Crippen molar-refractivity contribution in [2.75, 3.05) is 37.6 Å². The number of hydrogen-bond donors (Lipinski definition) is 1. The molecule has 1 aliphatic heterocycles. The number of carbonyl (C=O) groups is 1. The van der Waals surface area contributed by atoms with Gasteiger partial charge in [-0.1, -0.05) is 12.1 Å². The van der Waals surface area contributed by atoms with Gasteiger partial charge in [-0.3, -0.25) is 9.69 Å². The molecule has 8 heteroatoms. The molecule has 0 atom stereocenters. The van der Waals surface area contributed by atoms with Crippen LogP contribution in [0.1, 0.15) is 5.82 Å². The van der Waals surface area contributed by atoms with E-state index in [1.54, 1.807) is 12.4 Å². The van der Waals surface area contributed by atoms with E-state index in [4.69, 9.17) is 0 Å². The standard InChI is InChI=1S/C19H23N7O/c1-24-16-6-3-2-5-15(16)23-17(24)13-22-18(27)14-25-9-11-26(12-10-25)19-20-7-4-8-21-19/h2-8H,9-14H2,1H3,(H,22,27). The molecule has 4 rings (SSSR count). The summed E-state index contributed by atoms with van der Waals surface area (Å²) in [6.45, 7) is 4.11. The van der Waals surface area contributed by atoms with Crippen molar-refractivity contribution in [3.8, 4) is 0 Å². The summed E-state index contributed by atoms with van der Waals surface area (Å²) in [6, 6.07) is 9.79. The van der Waals surface area contributed by atoms with Gasteiger partial charge < -0.3 is 14.8 Å². The molecule has 1 saturated heterocycles. The first kappa shape index (κ1) is 17.4. The average Bonchev–Trinajstić information content (AvgIpc) is 3.04. The molecule has 0 radical (unpaired) electrons. The van der Waals surface area contributed by atoms with Crippen molar-refractivity contribution in [1.82, 2.24) is 29.7 Å². The van der Waals surface area contributed by atoms with Crippen LogP contribution in [0, 0.1) is 0 Å². The molecule has 0 saturated carbocycles. The Morgan fingerprint density at radius 2 is 1.81 bits per heavy atom. The Balaban J connectivity index is 1.27. The van der Waals surface area contributed by atoms with E-state index in [0.29, 0.717) is 13.1 Å². The first-order valence-electron chi connectivity index (χ1n) is 9.12. The highest BCUT2D eigenvalue weighted by molar-refractivity contribution is 5.78. The van der Waals surface area contributed by atoms with Gasteiger partial charge in [-0.05, 0) is 18.2 Å². The maximum atomic E-state index is 12.3. The fourth-order valence-corrected chi connectivity index (χ4v) is 3.35. The number of amides is 1. The van der Waals surface area contributed by atoms with Gasteiger partial charge in [-0.2, -0.15) is 0 Å². The van der Waals surface area contributed by atoms with Crippen LogP contribution in [0.3, 0.4) is 0 Å². The topological polar surface area (TPSA) is 79.2 Å². The van der Waals surface area contributed by atoms with Gasteiger partial charge in [0.05, 0.1) is 24.1 Å². The molecule has 0 bridgehead atoms. The third kappa shape index (κ3) is 3.90. The van der Waals surface area contributed by atoms with Gasteiger partial charge in [0.25, 0.3) is 0 Å². The fourth-order valence-electron chi connectivity index (χ4n) is 3.35. The van der Waals surface area contributed by atoms with Crippen LogP contribution in [0.25, 0.3) is 11.0 Å². The molecule has 140 valence electrons. The molecular weight excluding hydrogens is 342 g/mol. The predicted octanol–water partition coefficient (Wildman–Crippen LogP) is 0.802. The highest BCUT2D eigenvalue weighted by Gasteiger charge is 2.20. The van der Waals surface area contributed by atoms with E-state index >= 15 is 0 Å². The van der Waals surface area contributed by atoms with E-state index in [1.165, 1.54) is 0 Å². The van der Waals surface area contributed by atoms with Crippen LogP contribution in [-0.4, -0.2) is 63.0 Å². The first-order chi connectivity index (χ1) is 13.2. The van der Waals surface area contributed by atoms with E-state index < -0.39 is 0 Å². The highest BCUT2D eigenvalue weighted by Crippen LogP contribution is 2.14. The molecule has 0 unspecified atom stereocenters. The minimum atomic E-state index is 0.0199. The Morgan fingerprint density at radius 3 is 2.56 bits per heavy atom. The molecule has 1 amide bonds. The number of para-hydroxylation sites is 2. The third-order valence-corrected chi connectivity index (χ3v) is 4.90. The summed E-state index contributed by atoms with van der Waals surface area (Å²) in [4.78, 5) is 29.8. The fraction of sp³-hybridized carbons (Fsp3) is 0.368. The average molecular weight is 365 g/mol. The van der Waals surface area contributed by atoms with Crippen molar-refractivity contribution < 1.29 is 4.79 Å². The second-order valence-electron chi connectivity index (χ2n) is 6.66. The van der Waals surface area contributed by atoms with Crippen molar-refractivity contribution in [2.45, 2.75) is 6.54 Å². The largest absolute Gasteiger partial charge is 0.348 e. The Kier molecular flexibility index (Phi) is 4.97. The Bertz CT molecular complexity index is 916. The molecule has 0 spiro atoms. The Labute approximate surface area is 157 Å². The predicted molar refractivity (Wildman–Crippen MR) is 103 cm³/mol. The number of imidazole rings is 1. The first-order valence-corrected chi connectivity index (χ1v) is 9.12. The molecule has 3 aromatic rings. The van der Waals surface area contributed by atoms with Crippen LogP contribution >= 0.6 is 0 Å². The van der Waals surface area contributed by atoms with Crippen LogP contribution in [0.4, 0.5) is 5.95 Å². The summed E-state index contributed by atoms with van der Waals surface area (Å²) >= 11 is 0. The zero-order chi connectivity index (χ0) is 18.6. The van der Waals surface area contributed by atoms with Crippen molar-refractivity contribution in [1.29, 1.82) is 0 Å². The summed E-state index contributed by atoms with van der Waals surface area (Å²) in [5, 5.41) is 2.99. The molecule has 2 aromatic heterocycles. The maximum Gasteiger partial charge on any atom is 0.234 e. The summed E-state index contributed by atoms with van der Waals surface area (Å²) in [5.74, 6) is 1.63. The van der Waals surface area contributed by atoms with Crippen LogP contribution in [0.2, 0.25) is 0 Å². The molecule has 1 N–H and O–H groups in total. The quantitative estimate of drug-likeness (QED) is 0.721. The number of anilines is 1. The summed E-state index contributed by atoms with van der Waals surface area (Å²) in [7, 11) is 1.97. The number of nitrogens with one attached hydrogen (secondary N) is 1. The normalized spacial score (nSPS) is 15.2. The van der Waals surface area contributed by atoms with E-state index in [9.17, 15) is 4.79 Å². The second kappa shape index (κ2) is 7.71. The molecular formula is C19H23N7O. The van der Waals surface area contributed by atoms with E-state index in [0.717, 1.165) is 49.0 Å². The smallest absolute Gasteiger partial charge is 0.234 e. The third-order valence-electron chi connectivity index (χ3n) is 4.90. The van der Waals surface area contributed by atoms with Crippen molar-refractivity contribution >= 4 is 22.9 Å². The number of hydrogen-bond acceptors (Lipinski definition) is 6.